The lowest BCUT2D eigenvalue weighted by Crippen LogP contribution is -2.55. The number of ether oxygens (including phenoxy) is 1. The van der Waals surface area contributed by atoms with Crippen LogP contribution >= 0.6 is 0 Å². The van der Waals surface area contributed by atoms with Gasteiger partial charge < -0.3 is 9.64 Å². The van der Waals surface area contributed by atoms with Gasteiger partial charge in [-0.2, -0.15) is 0 Å². The minimum Gasteiger partial charge on any atom is -0.466 e. The van der Waals surface area contributed by atoms with Crippen molar-refractivity contribution in [3.63, 3.8) is 0 Å². The van der Waals surface area contributed by atoms with Crippen LogP contribution in [0.2, 0.25) is 0 Å². The van der Waals surface area contributed by atoms with E-state index in [0.29, 0.717) is 16.6 Å². The quantitative estimate of drug-likeness (QED) is 0.432. The number of hydrogen-bond donors (Lipinski definition) is 0. The Morgan fingerprint density at radius 3 is 2.64 bits per heavy atom. The summed E-state index contributed by atoms with van der Waals surface area (Å²) in [5, 5.41) is 0.891. The normalized spacial score (nSPS) is 17.6. The number of likely N-dealkylation sites (tertiary alicyclic amines) is 1. The first-order chi connectivity index (χ1) is 16.0. The number of hydrogen-bond acceptors (Lipinski definition) is 4. The molecule has 1 aliphatic rings. The van der Waals surface area contributed by atoms with Gasteiger partial charge in [0, 0.05) is 36.8 Å². The Hall–Kier alpha value is -3.87. The second-order valence-electron chi connectivity index (χ2n) is 8.00. The predicted octanol–water partition coefficient (Wildman–Crippen LogP) is 5.23. The summed E-state index contributed by atoms with van der Waals surface area (Å²) in [6.07, 6.45) is 1.11. The van der Waals surface area contributed by atoms with Crippen LogP contribution in [0, 0.1) is 0 Å². The van der Waals surface area contributed by atoms with Crippen molar-refractivity contribution in [2.75, 3.05) is 13.1 Å². The molecule has 1 saturated heterocycles. The Bertz CT molecular complexity index is 1300. The number of nitrogens with zero attached hydrogens (tertiary/aromatic N) is 3. The molecule has 5 nitrogen and oxygen atoms in total. The van der Waals surface area contributed by atoms with Crippen molar-refractivity contribution in [2.24, 2.45) is 0 Å². The van der Waals surface area contributed by atoms with Crippen molar-refractivity contribution in [2.45, 2.75) is 18.4 Å². The first-order valence-electron chi connectivity index (χ1n) is 10.7. The molecule has 1 amide bonds. The van der Waals surface area contributed by atoms with Gasteiger partial charge in [-0.05, 0) is 29.3 Å². The zero-order chi connectivity index (χ0) is 22.8. The molecule has 1 fully saturated rings. The van der Waals surface area contributed by atoms with Crippen LogP contribution in [0.4, 0.5) is 8.78 Å². The number of para-hydroxylation sites is 1. The average molecular weight is 445 g/mol. The van der Waals surface area contributed by atoms with E-state index in [1.54, 1.807) is 30.5 Å². The largest absolute Gasteiger partial charge is 0.466 e. The minimum atomic E-state index is -3.08. The minimum absolute atomic E-state index is 0.0695. The summed E-state index contributed by atoms with van der Waals surface area (Å²) in [5.41, 5.74) is 2.60. The molecule has 4 aromatic rings. The number of pyridine rings is 2. The topological polar surface area (TPSA) is 55.3 Å². The number of benzene rings is 2. The molecule has 0 bridgehead atoms. The predicted molar refractivity (Wildman–Crippen MR) is 121 cm³/mol. The molecule has 0 spiro atoms. The number of piperidine rings is 1. The molecule has 5 rings (SSSR count). The van der Waals surface area contributed by atoms with Gasteiger partial charge in [-0.3, -0.25) is 9.78 Å². The molecule has 3 heterocycles. The first kappa shape index (κ1) is 21.0. The van der Waals surface area contributed by atoms with Crippen molar-refractivity contribution in [1.29, 1.82) is 0 Å². The van der Waals surface area contributed by atoms with Crippen LogP contribution in [-0.2, 0) is 0 Å². The Morgan fingerprint density at radius 1 is 1.00 bits per heavy atom. The molecule has 0 unspecified atom stereocenters. The number of fused-ring (bicyclic) bond motifs is 1. The van der Waals surface area contributed by atoms with E-state index < -0.39 is 18.4 Å². The highest BCUT2D eigenvalue weighted by atomic mass is 19.3. The van der Waals surface area contributed by atoms with Gasteiger partial charge in [0.15, 0.2) is 6.10 Å². The van der Waals surface area contributed by atoms with Crippen LogP contribution in [0.15, 0.2) is 85.2 Å². The van der Waals surface area contributed by atoms with E-state index in [0.717, 1.165) is 10.9 Å². The number of aromatic nitrogens is 2. The number of rotatable bonds is 4. The smallest absolute Gasteiger partial charge is 0.287 e. The maximum atomic E-state index is 14.7. The van der Waals surface area contributed by atoms with Crippen LogP contribution < -0.4 is 4.74 Å². The third-order valence-corrected chi connectivity index (χ3v) is 5.83. The summed E-state index contributed by atoms with van der Waals surface area (Å²) in [5.74, 6) is -3.32. The van der Waals surface area contributed by atoms with Gasteiger partial charge >= 0.3 is 0 Å². The van der Waals surface area contributed by atoms with E-state index in [4.69, 9.17) is 4.74 Å². The van der Waals surface area contributed by atoms with Crippen LogP contribution in [0.1, 0.15) is 16.8 Å². The number of alkyl halides is 2. The molecule has 1 atom stereocenters. The molecule has 0 N–H and O–H groups in total. The average Bonchev–Trinajstić information content (AvgIpc) is 2.85. The maximum absolute atomic E-state index is 14.7. The van der Waals surface area contributed by atoms with Gasteiger partial charge in [-0.1, -0.05) is 48.5 Å². The SMILES string of the molecule is O=C(c1cnccc1-c1ccccc1)N1CCC(F)(F)[C@@H](Oc2ccc3ccccc3n2)C1. The van der Waals surface area contributed by atoms with Crippen LogP contribution in [0.3, 0.4) is 0 Å². The summed E-state index contributed by atoms with van der Waals surface area (Å²) in [4.78, 5) is 23.2. The lowest BCUT2D eigenvalue weighted by atomic mass is 9.98. The molecular formula is C26H21F2N3O2. The fourth-order valence-corrected chi connectivity index (χ4v) is 4.04. The highest BCUT2D eigenvalue weighted by Gasteiger charge is 2.47. The van der Waals surface area contributed by atoms with Gasteiger partial charge in [0.05, 0.1) is 17.6 Å². The first-order valence-corrected chi connectivity index (χ1v) is 10.7. The third-order valence-electron chi connectivity index (χ3n) is 5.83. The molecule has 0 saturated carbocycles. The van der Waals surface area contributed by atoms with E-state index in [1.165, 1.54) is 11.1 Å². The fraction of sp³-hybridized carbons (Fsp3) is 0.192. The molecular weight excluding hydrogens is 424 g/mol. The van der Waals surface area contributed by atoms with Gasteiger partial charge in [-0.15, -0.1) is 0 Å². The van der Waals surface area contributed by atoms with Gasteiger partial charge in [-0.25, -0.2) is 13.8 Å². The molecule has 0 aliphatic carbocycles. The molecule has 166 valence electrons. The Labute approximate surface area is 189 Å². The second-order valence-corrected chi connectivity index (χ2v) is 8.00. The maximum Gasteiger partial charge on any atom is 0.287 e. The van der Waals surface area contributed by atoms with Crippen LogP contribution in [-0.4, -0.2) is 45.9 Å². The molecule has 7 heteroatoms. The Kier molecular flexibility index (Phi) is 5.46. The lowest BCUT2D eigenvalue weighted by Gasteiger charge is -2.38. The molecule has 2 aromatic heterocycles. The summed E-state index contributed by atoms with van der Waals surface area (Å²) < 4.78 is 35.1. The van der Waals surface area contributed by atoms with Crippen LogP contribution in [0.5, 0.6) is 5.88 Å². The highest BCUT2D eigenvalue weighted by molar-refractivity contribution is 6.00. The lowest BCUT2D eigenvalue weighted by molar-refractivity contribution is -0.131. The fourth-order valence-electron chi connectivity index (χ4n) is 4.04. The van der Waals surface area contributed by atoms with Crippen molar-refractivity contribution in [1.82, 2.24) is 14.9 Å². The molecule has 33 heavy (non-hydrogen) atoms. The summed E-state index contributed by atoms with van der Waals surface area (Å²) in [7, 11) is 0. The van der Waals surface area contributed by atoms with E-state index in [-0.39, 0.29) is 24.9 Å². The second kappa shape index (κ2) is 8.58. The van der Waals surface area contributed by atoms with E-state index in [1.807, 2.05) is 48.5 Å². The van der Waals surface area contributed by atoms with Crippen molar-refractivity contribution in [3.8, 4) is 17.0 Å². The van der Waals surface area contributed by atoms with Crippen molar-refractivity contribution >= 4 is 16.8 Å². The van der Waals surface area contributed by atoms with E-state index in [9.17, 15) is 13.6 Å². The monoisotopic (exact) mass is 445 g/mol. The summed E-state index contributed by atoms with van der Waals surface area (Å²) in [6.45, 7) is -0.316. The zero-order valence-electron chi connectivity index (χ0n) is 17.7. The van der Waals surface area contributed by atoms with Crippen molar-refractivity contribution in [3.05, 3.63) is 90.8 Å². The summed E-state index contributed by atoms with van der Waals surface area (Å²) >= 11 is 0. The van der Waals surface area contributed by atoms with Crippen molar-refractivity contribution < 1.29 is 18.3 Å². The highest BCUT2D eigenvalue weighted by Crippen LogP contribution is 2.33. The number of halogens is 2. The number of amides is 1. The van der Waals surface area contributed by atoms with Crippen LogP contribution in [0.25, 0.3) is 22.0 Å². The van der Waals surface area contributed by atoms with E-state index >= 15 is 0 Å². The zero-order valence-corrected chi connectivity index (χ0v) is 17.7. The molecule has 1 aliphatic heterocycles. The molecule has 2 aromatic carbocycles. The van der Waals surface area contributed by atoms with Gasteiger partial charge in [0.25, 0.3) is 11.8 Å². The van der Waals surface area contributed by atoms with E-state index in [2.05, 4.69) is 9.97 Å². The Balaban J connectivity index is 1.40. The Morgan fingerprint density at radius 2 is 1.79 bits per heavy atom. The number of carbonyl (C=O) groups is 1. The summed E-state index contributed by atoms with van der Waals surface area (Å²) in [6, 6.07) is 22.0. The van der Waals surface area contributed by atoms with Gasteiger partial charge in [0.2, 0.25) is 5.88 Å². The third kappa shape index (κ3) is 4.26. The van der Waals surface area contributed by atoms with Gasteiger partial charge in [0.1, 0.15) is 0 Å². The standard InChI is InChI=1S/C26H21F2N3O2/c27-26(28)13-15-31(17-23(26)33-24-11-10-19-8-4-5-9-22(19)30-24)25(32)21-16-29-14-12-20(21)18-6-2-1-3-7-18/h1-12,14,16,23H,13,15,17H2/t23-/m0/s1. The molecule has 0 radical (unpaired) electrons. The number of carbonyl (C=O) groups excluding carboxylic acids is 1.